The molecule has 0 aliphatic carbocycles. The van der Waals surface area contributed by atoms with Crippen LogP contribution in [0.15, 0.2) is 73.1 Å². The minimum absolute atomic E-state index is 0.109. The van der Waals surface area contributed by atoms with Crippen molar-refractivity contribution in [2.75, 3.05) is 20.2 Å². The Bertz CT molecular complexity index is 945. The molecular formula is C24H26N4O3. The van der Waals surface area contributed by atoms with Gasteiger partial charge in [-0.15, -0.1) is 0 Å². The van der Waals surface area contributed by atoms with E-state index in [4.69, 9.17) is 9.47 Å². The number of carbonyl (C=O) groups is 1. The van der Waals surface area contributed by atoms with Gasteiger partial charge in [-0.1, -0.05) is 60.7 Å². The number of urea groups is 1. The van der Waals surface area contributed by atoms with E-state index in [2.05, 4.69) is 15.3 Å². The van der Waals surface area contributed by atoms with Crippen LogP contribution in [0.25, 0.3) is 0 Å². The summed E-state index contributed by atoms with van der Waals surface area (Å²) in [5.41, 5.74) is 2.08. The fraction of sp³-hybridized carbons (Fsp3) is 0.292. The molecule has 0 saturated carbocycles. The number of carbonyl (C=O) groups excluding carboxylic acids is 1. The monoisotopic (exact) mass is 418 g/mol. The summed E-state index contributed by atoms with van der Waals surface area (Å²) in [7, 11) is 1.54. The highest BCUT2D eigenvalue weighted by atomic mass is 16.5. The van der Waals surface area contributed by atoms with Crippen molar-refractivity contribution in [3.8, 4) is 11.8 Å². The van der Waals surface area contributed by atoms with E-state index in [9.17, 15) is 4.79 Å². The van der Waals surface area contributed by atoms with Gasteiger partial charge in [-0.25, -0.2) is 4.79 Å². The van der Waals surface area contributed by atoms with Crippen LogP contribution in [0.3, 0.4) is 0 Å². The molecule has 1 fully saturated rings. The van der Waals surface area contributed by atoms with Crippen LogP contribution in [-0.2, 0) is 0 Å². The van der Waals surface area contributed by atoms with Crippen LogP contribution >= 0.6 is 0 Å². The summed E-state index contributed by atoms with van der Waals surface area (Å²) in [6.45, 7) is 1.17. The summed E-state index contributed by atoms with van der Waals surface area (Å²) in [6.07, 6.45) is 4.65. The molecule has 1 saturated heterocycles. The average Bonchev–Trinajstić information content (AvgIpc) is 2.84. The first-order valence-electron chi connectivity index (χ1n) is 10.4. The SMILES string of the molecule is COc1cncc(OC2CCCN(C(=O)NC(c3ccccc3)c3ccccc3)C2)n1. The molecular weight excluding hydrogens is 392 g/mol. The van der Waals surface area contributed by atoms with Crippen molar-refractivity contribution in [1.29, 1.82) is 0 Å². The topological polar surface area (TPSA) is 76.6 Å². The maximum Gasteiger partial charge on any atom is 0.318 e. The van der Waals surface area contributed by atoms with Crippen molar-refractivity contribution in [2.45, 2.75) is 25.0 Å². The van der Waals surface area contributed by atoms with E-state index in [1.54, 1.807) is 11.1 Å². The normalized spacial score (nSPS) is 16.1. The van der Waals surface area contributed by atoms with E-state index >= 15 is 0 Å². The van der Waals surface area contributed by atoms with Gasteiger partial charge in [0.2, 0.25) is 11.8 Å². The zero-order valence-electron chi connectivity index (χ0n) is 17.5. The van der Waals surface area contributed by atoms with Crippen LogP contribution in [0.2, 0.25) is 0 Å². The van der Waals surface area contributed by atoms with Gasteiger partial charge in [0.25, 0.3) is 0 Å². The van der Waals surface area contributed by atoms with Crippen molar-refractivity contribution < 1.29 is 14.3 Å². The van der Waals surface area contributed by atoms with Crippen LogP contribution < -0.4 is 14.8 Å². The smallest absolute Gasteiger partial charge is 0.318 e. The van der Waals surface area contributed by atoms with Crippen molar-refractivity contribution >= 4 is 6.03 Å². The third kappa shape index (κ3) is 5.31. The molecule has 2 heterocycles. The lowest BCUT2D eigenvalue weighted by Gasteiger charge is -2.34. The van der Waals surface area contributed by atoms with Crippen LogP contribution in [0.4, 0.5) is 4.79 Å². The second-order valence-electron chi connectivity index (χ2n) is 7.43. The second-order valence-corrected chi connectivity index (χ2v) is 7.43. The quantitative estimate of drug-likeness (QED) is 0.658. The first-order valence-corrected chi connectivity index (χ1v) is 10.4. The van der Waals surface area contributed by atoms with Crippen LogP contribution in [0, 0.1) is 0 Å². The minimum Gasteiger partial charge on any atom is -0.480 e. The number of nitrogens with zero attached hydrogens (tertiary/aromatic N) is 3. The fourth-order valence-corrected chi connectivity index (χ4v) is 3.74. The number of piperidine rings is 1. The average molecular weight is 418 g/mol. The number of amides is 2. The number of ether oxygens (including phenoxy) is 2. The number of methoxy groups -OCH3 is 1. The molecule has 0 bridgehead atoms. The van der Waals surface area contributed by atoms with E-state index in [0.717, 1.165) is 24.0 Å². The molecule has 4 rings (SSSR count). The number of rotatable bonds is 6. The Hall–Kier alpha value is -3.61. The number of aromatic nitrogens is 2. The Morgan fingerprint density at radius 3 is 2.32 bits per heavy atom. The molecule has 7 heteroatoms. The lowest BCUT2D eigenvalue weighted by molar-refractivity contribution is 0.0962. The molecule has 3 aromatic rings. The third-order valence-corrected chi connectivity index (χ3v) is 5.29. The molecule has 2 amide bonds. The third-order valence-electron chi connectivity index (χ3n) is 5.29. The molecule has 1 atom stereocenters. The lowest BCUT2D eigenvalue weighted by Crippen LogP contribution is -2.49. The zero-order chi connectivity index (χ0) is 21.5. The summed E-state index contributed by atoms with van der Waals surface area (Å²) in [4.78, 5) is 23.3. The molecule has 1 N–H and O–H groups in total. The Labute approximate surface area is 182 Å². The molecule has 2 aromatic carbocycles. The molecule has 0 spiro atoms. The van der Waals surface area contributed by atoms with Crippen LogP contribution in [0.5, 0.6) is 11.8 Å². The molecule has 1 aliphatic rings. The highest BCUT2D eigenvalue weighted by molar-refractivity contribution is 5.75. The molecule has 0 radical (unpaired) electrons. The summed E-state index contributed by atoms with van der Waals surface area (Å²) in [5, 5.41) is 3.21. The Balaban J connectivity index is 1.45. The number of hydrogen-bond acceptors (Lipinski definition) is 5. The summed E-state index contributed by atoms with van der Waals surface area (Å²) in [5.74, 6) is 0.800. The van der Waals surface area contributed by atoms with Gasteiger partial charge < -0.3 is 19.7 Å². The Kier molecular flexibility index (Phi) is 6.62. The predicted molar refractivity (Wildman–Crippen MR) is 117 cm³/mol. The van der Waals surface area contributed by atoms with Gasteiger partial charge >= 0.3 is 6.03 Å². The molecule has 1 aromatic heterocycles. The Morgan fingerprint density at radius 2 is 1.68 bits per heavy atom. The highest BCUT2D eigenvalue weighted by Gasteiger charge is 2.27. The zero-order valence-corrected chi connectivity index (χ0v) is 17.5. The first kappa shape index (κ1) is 20.7. The van der Waals surface area contributed by atoms with Gasteiger partial charge in [-0.2, -0.15) is 4.98 Å². The van der Waals surface area contributed by atoms with Gasteiger partial charge in [0, 0.05) is 6.54 Å². The Morgan fingerprint density at radius 1 is 1.03 bits per heavy atom. The molecule has 31 heavy (non-hydrogen) atoms. The number of likely N-dealkylation sites (tertiary alicyclic amines) is 1. The van der Waals surface area contributed by atoms with E-state index in [1.165, 1.54) is 13.3 Å². The number of hydrogen-bond donors (Lipinski definition) is 1. The number of nitrogens with one attached hydrogen (secondary N) is 1. The van der Waals surface area contributed by atoms with Crippen molar-refractivity contribution in [3.05, 3.63) is 84.2 Å². The van der Waals surface area contributed by atoms with Gasteiger partial charge in [-0.3, -0.25) is 4.98 Å². The summed E-state index contributed by atoms with van der Waals surface area (Å²) < 4.78 is 11.1. The second kappa shape index (κ2) is 9.93. The summed E-state index contributed by atoms with van der Waals surface area (Å²) in [6, 6.07) is 19.7. The van der Waals surface area contributed by atoms with Crippen molar-refractivity contribution in [3.63, 3.8) is 0 Å². The molecule has 160 valence electrons. The van der Waals surface area contributed by atoms with E-state index < -0.39 is 0 Å². The standard InChI is InChI=1S/C24H26N4O3/c1-30-21-15-25-16-22(26-21)31-20-13-8-14-28(17-20)24(29)27-23(18-9-4-2-5-10-18)19-11-6-3-7-12-19/h2-7,9-12,15-16,20,23H,8,13-14,17H2,1H3,(H,27,29). The van der Waals surface area contributed by atoms with Crippen molar-refractivity contribution in [1.82, 2.24) is 20.2 Å². The highest BCUT2D eigenvalue weighted by Crippen LogP contribution is 2.23. The van der Waals surface area contributed by atoms with E-state index in [1.807, 2.05) is 60.7 Å². The molecule has 7 nitrogen and oxygen atoms in total. The van der Waals surface area contributed by atoms with Crippen molar-refractivity contribution in [2.24, 2.45) is 0 Å². The first-order chi connectivity index (χ1) is 15.2. The van der Waals surface area contributed by atoms with Gasteiger partial charge in [-0.05, 0) is 24.0 Å². The van der Waals surface area contributed by atoms with Crippen LogP contribution in [-0.4, -0.2) is 47.2 Å². The number of benzene rings is 2. The molecule has 1 unspecified atom stereocenters. The van der Waals surface area contributed by atoms with Gasteiger partial charge in [0.15, 0.2) is 0 Å². The lowest BCUT2D eigenvalue weighted by atomic mass is 9.99. The maximum absolute atomic E-state index is 13.2. The van der Waals surface area contributed by atoms with Crippen LogP contribution in [0.1, 0.15) is 30.0 Å². The van der Waals surface area contributed by atoms with Gasteiger partial charge in [0.1, 0.15) is 6.10 Å². The van der Waals surface area contributed by atoms with Gasteiger partial charge in [0.05, 0.1) is 32.1 Å². The maximum atomic E-state index is 13.2. The largest absolute Gasteiger partial charge is 0.480 e. The molecule has 1 aliphatic heterocycles. The fourth-order valence-electron chi connectivity index (χ4n) is 3.74. The summed E-state index contributed by atoms with van der Waals surface area (Å²) >= 11 is 0. The predicted octanol–water partition coefficient (Wildman–Crippen LogP) is 3.83. The van der Waals surface area contributed by atoms with E-state index in [-0.39, 0.29) is 18.2 Å². The minimum atomic E-state index is -0.222. The van der Waals surface area contributed by atoms with E-state index in [0.29, 0.717) is 24.8 Å².